The van der Waals surface area contributed by atoms with Crippen molar-refractivity contribution in [3.05, 3.63) is 71.3 Å². The van der Waals surface area contributed by atoms with Gasteiger partial charge in [0.2, 0.25) is 0 Å². The number of amides is 2. The quantitative estimate of drug-likeness (QED) is 0.790. The molecule has 1 heterocycles. The summed E-state index contributed by atoms with van der Waals surface area (Å²) in [6.45, 7) is 3.89. The summed E-state index contributed by atoms with van der Waals surface area (Å²) in [5.74, 6) is -0.552. The van der Waals surface area contributed by atoms with E-state index in [9.17, 15) is 9.59 Å². The number of anilines is 1. The van der Waals surface area contributed by atoms with Crippen LogP contribution < -0.4 is 4.90 Å². The summed E-state index contributed by atoms with van der Waals surface area (Å²) in [6, 6.07) is 15.0. The normalized spacial score (nSPS) is 14.6. The third-order valence-electron chi connectivity index (χ3n) is 3.60. The fourth-order valence-corrected chi connectivity index (χ4v) is 2.58. The van der Waals surface area contributed by atoms with Gasteiger partial charge in [-0.3, -0.25) is 9.59 Å². The molecule has 3 rings (SSSR count). The fraction of sp³-hybridized carbons (Fsp3) is 0.111. The van der Waals surface area contributed by atoms with Crippen molar-refractivity contribution < 1.29 is 9.59 Å². The maximum atomic E-state index is 12.6. The number of benzene rings is 2. The summed E-state index contributed by atoms with van der Waals surface area (Å²) in [6.07, 6.45) is 1.41. The molecule has 0 N–H and O–H groups in total. The zero-order valence-corrected chi connectivity index (χ0v) is 12.0. The monoisotopic (exact) mass is 277 g/mol. The Hall–Kier alpha value is -2.68. The highest BCUT2D eigenvalue weighted by Gasteiger charge is 2.33. The summed E-state index contributed by atoms with van der Waals surface area (Å²) >= 11 is 0. The van der Waals surface area contributed by atoms with E-state index in [1.807, 2.05) is 62.4 Å². The topological polar surface area (TPSA) is 37.4 Å². The van der Waals surface area contributed by atoms with Crippen LogP contribution >= 0.6 is 0 Å². The SMILES string of the molecule is Cc1ccc(N2C(=O)C=C(c3ccccc3)C2=O)c(C)c1. The Morgan fingerprint density at radius 3 is 2.29 bits per heavy atom. The number of hydrogen-bond donors (Lipinski definition) is 0. The standard InChI is InChI=1S/C18H15NO2/c1-12-8-9-16(13(2)10-12)19-17(20)11-15(18(19)21)14-6-4-3-5-7-14/h3-11H,1-2H3. The fourth-order valence-electron chi connectivity index (χ4n) is 2.58. The molecule has 21 heavy (non-hydrogen) atoms. The van der Waals surface area contributed by atoms with Crippen LogP contribution in [0.1, 0.15) is 16.7 Å². The van der Waals surface area contributed by atoms with Gasteiger partial charge in [0.05, 0.1) is 11.3 Å². The van der Waals surface area contributed by atoms with Gasteiger partial charge in [0.15, 0.2) is 0 Å². The zero-order valence-electron chi connectivity index (χ0n) is 12.0. The van der Waals surface area contributed by atoms with E-state index >= 15 is 0 Å². The Morgan fingerprint density at radius 1 is 0.905 bits per heavy atom. The maximum absolute atomic E-state index is 12.6. The van der Waals surface area contributed by atoms with Gasteiger partial charge in [0.1, 0.15) is 0 Å². The molecule has 1 aliphatic rings. The van der Waals surface area contributed by atoms with Gasteiger partial charge in [-0.1, -0.05) is 48.0 Å². The lowest BCUT2D eigenvalue weighted by atomic mass is 10.1. The van der Waals surface area contributed by atoms with Crippen molar-refractivity contribution >= 4 is 23.1 Å². The first-order valence-corrected chi connectivity index (χ1v) is 6.81. The number of carbonyl (C=O) groups is 2. The number of nitrogens with zero attached hydrogens (tertiary/aromatic N) is 1. The van der Waals surface area contributed by atoms with E-state index in [1.54, 1.807) is 0 Å². The van der Waals surface area contributed by atoms with Crippen molar-refractivity contribution in [3.63, 3.8) is 0 Å². The van der Waals surface area contributed by atoms with Crippen LogP contribution in [0, 0.1) is 13.8 Å². The molecule has 0 fully saturated rings. The summed E-state index contributed by atoms with van der Waals surface area (Å²) in [7, 11) is 0. The van der Waals surface area contributed by atoms with Gasteiger partial charge in [-0.15, -0.1) is 0 Å². The molecule has 0 aliphatic carbocycles. The number of carbonyl (C=O) groups excluding carboxylic acids is 2. The van der Waals surface area contributed by atoms with Gasteiger partial charge in [-0.05, 0) is 31.0 Å². The molecule has 0 unspecified atom stereocenters. The third kappa shape index (κ3) is 2.27. The first-order valence-electron chi connectivity index (χ1n) is 6.81. The number of aryl methyl sites for hydroxylation is 2. The van der Waals surface area contributed by atoms with Crippen LogP contribution in [0.5, 0.6) is 0 Å². The van der Waals surface area contributed by atoms with E-state index in [-0.39, 0.29) is 11.8 Å². The zero-order chi connectivity index (χ0) is 15.0. The molecule has 0 radical (unpaired) electrons. The summed E-state index contributed by atoms with van der Waals surface area (Å²) in [5.41, 5.74) is 3.88. The van der Waals surface area contributed by atoms with Crippen molar-refractivity contribution in [3.8, 4) is 0 Å². The molecule has 0 aromatic heterocycles. The van der Waals surface area contributed by atoms with E-state index in [0.29, 0.717) is 11.3 Å². The second-order valence-corrected chi connectivity index (χ2v) is 5.19. The van der Waals surface area contributed by atoms with Gasteiger partial charge in [-0.25, -0.2) is 4.90 Å². The minimum Gasteiger partial charge on any atom is -0.269 e. The lowest BCUT2D eigenvalue weighted by Crippen LogP contribution is -2.31. The van der Waals surface area contributed by atoms with Crippen LogP contribution in [-0.4, -0.2) is 11.8 Å². The van der Waals surface area contributed by atoms with Crippen molar-refractivity contribution in [2.75, 3.05) is 4.90 Å². The van der Waals surface area contributed by atoms with Crippen LogP contribution in [0.4, 0.5) is 5.69 Å². The molecule has 0 saturated carbocycles. The van der Waals surface area contributed by atoms with Crippen molar-refractivity contribution in [1.29, 1.82) is 0 Å². The highest BCUT2D eigenvalue weighted by atomic mass is 16.2. The van der Waals surface area contributed by atoms with Crippen molar-refractivity contribution in [2.24, 2.45) is 0 Å². The Morgan fingerprint density at radius 2 is 1.62 bits per heavy atom. The van der Waals surface area contributed by atoms with E-state index < -0.39 is 0 Å². The van der Waals surface area contributed by atoms with Gasteiger partial charge < -0.3 is 0 Å². The average molecular weight is 277 g/mol. The maximum Gasteiger partial charge on any atom is 0.266 e. The van der Waals surface area contributed by atoms with Crippen LogP contribution in [0.2, 0.25) is 0 Å². The summed E-state index contributed by atoms with van der Waals surface area (Å²) in [5, 5.41) is 0. The second kappa shape index (κ2) is 5.02. The number of rotatable bonds is 2. The molecule has 104 valence electrons. The van der Waals surface area contributed by atoms with Crippen LogP contribution in [0.3, 0.4) is 0 Å². The molecule has 0 bridgehead atoms. The van der Waals surface area contributed by atoms with Gasteiger partial charge in [-0.2, -0.15) is 0 Å². The first-order chi connectivity index (χ1) is 10.1. The lowest BCUT2D eigenvalue weighted by molar-refractivity contribution is -0.119. The lowest BCUT2D eigenvalue weighted by Gasteiger charge is -2.17. The van der Waals surface area contributed by atoms with Crippen molar-refractivity contribution in [2.45, 2.75) is 13.8 Å². The average Bonchev–Trinajstić information content (AvgIpc) is 2.76. The van der Waals surface area contributed by atoms with E-state index in [2.05, 4.69) is 0 Å². The summed E-state index contributed by atoms with van der Waals surface area (Å²) < 4.78 is 0. The molecular weight excluding hydrogens is 262 g/mol. The van der Waals surface area contributed by atoms with Crippen LogP contribution in [-0.2, 0) is 9.59 Å². The molecule has 2 amide bonds. The largest absolute Gasteiger partial charge is 0.269 e. The highest BCUT2D eigenvalue weighted by molar-refractivity contribution is 6.43. The minimum absolute atomic E-state index is 0.266. The Bertz CT molecular complexity index is 760. The number of imide groups is 1. The molecule has 2 aromatic carbocycles. The Kier molecular flexibility index (Phi) is 3.18. The predicted octanol–water partition coefficient (Wildman–Crippen LogP) is 3.26. The Balaban J connectivity index is 2.01. The van der Waals surface area contributed by atoms with Gasteiger partial charge in [0, 0.05) is 6.08 Å². The molecule has 3 heteroatoms. The minimum atomic E-state index is -0.286. The molecule has 3 nitrogen and oxygen atoms in total. The highest BCUT2D eigenvalue weighted by Crippen LogP contribution is 2.30. The van der Waals surface area contributed by atoms with Crippen molar-refractivity contribution in [1.82, 2.24) is 0 Å². The van der Waals surface area contributed by atoms with Crippen LogP contribution in [0.25, 0.3) is 5.57 Å². The van der Waals surface area contributed by atoms with Gasteiger partial charge >= 0.3 is 0 Å². The molecule has 0 atom stereocenters. The van der Waals surface area contributed by atoms with Crippen LogP contribution in [0.15, 0.2) is 54.6 Å². The molecule has 0 saturated heterocycles. The predicted molar refractivity (Wildman–Crippen MR) is 82.8 cm³/mol. The molecular formula is C18H15NO2. The van der Waals surface area contributed by atoms with E-state index in [4.69, 9.17) is 0 Å². The third-order valence-corrected chi connectivity index (χ3v) is 3.60. The number of hydrogen-bond acceptors (Lipinski definition) is 2. The van der Waals surface area contributed by atoms with E-state index in [0.717, 1.165) is 16.7 Å². The smallest absolute Gasteiger partial charge is 0.266 e. The molecule has 1 aliphatic heterocycles. The second-order valence-electron chi connectivity index (χ2n) is 5.19. The molecule has 2 aromatic rings. The Labute approximate surface area is 123 Å². The van der Waals surface area contributed by atoms with Gasteiger partial charge in [0.25, 0.3) is 11.8 Å². The molecule has 0 spiro atoms. The summed E-state index contributed by atoms with van der Waals surface area (Å²) in [4.78, 5) is 26.1. The van der Waals surface area contributed by atoms with E-state index in [1.165, 1.54) is 11.0 Å². The first kappa shape index (κ1) is 13.3.